The Morgan fingerprint density at radius 3 is 2.44 bits per heavy atom. The Labute approximate surface area is 97.0 Å². The van der Waals surface area contributed by atoms with Gasteiger partial charge in [0.25, 0.3) is 0 Å². The van der Waals surface area contributed by atoms with Gasteiger partial charge in [0.1, 0.15) is 0 Å². The van der Waals surface area contributed by atoms with Gasteiger partial charge in [0.05, 0.1) is 6.61 Å². The van der Waals surface area contributed by atoms with Crippen molar-refractivity contribution in [2.24, 2.45) is 0 Å². The molecule has 0 aliphatic rings. The number of aryl methyl sites for hydroxylation is 1. The number of carbonyl (C=O) groups excluding carboxylic acids is 1. The molecule has 0 aliphatic carbocycles. The normalized spacial score (nSPS) is 11.2. The maximum absolute atomic E-state index is 13.3. The van der Waals surface area contributed by atoms with Crippen molar-refractivity contribution in [1.29, 1.82) is 0 Å². The average molecular weight is 246 g/mol. The smallest absolute Gasteiger partial charge is 0.393 e. The summed E-state index contributed by atoms with van der Waals surface area (Å²) < 4.78 is 30.9. The van der Waals surface area contributed by atoms with Crippen LogP contribution in [0.15, 0.2) is 29.2 Å². The summed E-state index contributed by atoms with van der Waals surface area (Å²) in [5.41, 5.74) is 0.976. The van der Waals surface area contributed by atoms with E-state index in [9.17, 15) is 13.6 Å². The van der Waals surface area contributed by atoms with Gasteiger partial charge in [-0.25, -0.2) is 4.79 Å². The number of carbonyl (C=O) groups is 1. The molecule has 0 saturated carbocycles. The molecule has 0 radical (unpaired) electrons. The van der Waals surface area contributed by atoms with Crippen LogP contribution in [0.4, 0.5) is 8.78 Å². The summed E-state index contributed by atoms with van der Waals surface area (Å²) >= 11 is 0.195. The van der Waals surface area contributed by atoms with E-state index in [4.69, 9.17) is 0 Å². The second kappa shape index (κ2) is 5.30. The van der Waals surface area contributed by atoms with E-state index < -0.39 is 11.2 Å². The molecule has 0 fully saturated rings. The fraction of sp³-hybridized carbons (Fsp3) is 0.364. The molecule has 0 unspecified atom stereocenters. The zero-order valence-electron chi connectivity index (χ0n) is 9.00. The summed E-state index contributed by atoms with van der Waals surface area (Å²) in [7, 11) is 0. The molecular weight excluding hydrogens is 234 g/mol. The number of benzene rings is 1. The van der Waals surface area contributed by atoms with Crippen LogP contribution in [0.1, 0.15) is 12.5 Å². The number of hydrogen-bond acceptors (Lipinski definition) is 3. The van der Waals surface area contributed by atoms with Crippen molar-refractivity contribution in [1.82, 2.24) is 0 Å². The molecule has 0 N–H and O–H groups in total. The molecule has 1 aromatic rings. The fourth-order valence-corrected chi connectivity index (χ4v) is 1.72. The van der Waals surface area contributed by atoms with Gasteiger partial charge < -0.3 is 4.74 Å². The van der Waals surface area contributed by atoms with Gasteiger partial charge in [-0.2, -0.15) is 8.78 Å². The van der Waals surface area contributed by atoms with Crippen LogP contribution in [-0.4, -0.2) is 17.8 Å². The topological polar surface area (TPSA) is 26.3 Å². The monoisotopic (exact) mass is 246 g/mol. The molecule has 16 heavy (non-hydrogen) atoms. The molecule has 2 nitrogen and oxygen atoms in total. The molecule has 0 aliphatic heterocycles. The van der Waals surface area contributed by atoms with E-state index in [0.717, 1.165) is 5.56 Å². The molecule has 0 saturated heterocycles. The zero-order valence-corrected chi connectivity index (χ0v) is 9.81. The molecule has 1 rings (SSSR count). The van der Waals surface area contributed by atoms with E-state index in [-0.39, 0.29) is 18.4 Å². The Morgan fingerprint density at radius 1 is 1.38 bits per heavy atom. The lowest BCUT2D eigenvalue weighted by atomic mass is 10.2. The first-order valence-electron chi connectivity index (χ1n) is 4.76. The first-order chi connectivity index (χ1) is 7.45. The number of rotatable bonds is 4. The van der Waals surface area contributed by atoms with Crippen molar-refractivity contribution in [3.8, 4) is 0 Å². The number of halogens is 2. The van der Waals surface area contributed by atoms with Crippen LogP contribution in [0.25, 0.3) is 0 Å². The Kier molecular flexibility index (Phi) is 4.29. The summed E-state index contributed by atoms with van der Waals surface area (Å²) in [6, 6.07) is 6.52. The van der Waals surface area contributed by atoms with Gasteiger partial charge in [0, 0.05) is 4.90 Å². The standard InChI is InChI=1S/C11H12F2O2S/c1-3-15-10(14)11(12,13)16-9-6-4-8(2)5-7-9/h4-7H,3H2,1-2H3. The molecule has 5 heteroatoms. The quantitative estimate of drug-likeness (QED) is 0.602. The van der Waals surface area contributed by atoms with E-state index >= 15 is 0 Å². The minimum Gasteiger partial charge on any atom is -0.461 e. The van der Waals surface area contributed by atoms with Gasteiger partial charge in [0.15, 0.2) is 0 Å². The number of thioether (sulfide) groups is 1. The Balaban J connectivity index is 2.72. The second-order valence-corrected chi connectivity index (χ2v) is 4.34. The third kappa shape index (κ3) is 3.48. The predicted octanol–water partition coefficient (Wildman–Crippen LogP) is 3.24. The largest absolute Gasteiger partial charge is 0.461 e. The molecule has 0 heterocycles. The number of hydrogen-bond donors (Lipinski definition) is 0. The van der Waals surface area contributed by atoms with Crippen LogP contribution in [0.2, 0.25) is 0 Å². The second-order valence-electron chi connectivity index (χ2n) is 3.15. The first kappa shape index (κ1) is 13.0. The van der Waals surface area contributed by atoms with Gasteiger partial charge in [-0.15, -0.1) is 0 Å². The zero-order chi connectivity index (χ0) is 12.2. The lowest BCUT2D eigenvalue weighted by Crippen LogP contribution is -2.26. The minimum absolute atomic E-state index is 0.0527. The van der Waals surface area contributed by atoms with Crippen molar-refractivity contribution < 1.29 is 18.3 Å². The van der Waals surface area contributed by atoms with Crippen LogP contribution in [-0.2, 0) is 9.53 Å². The van der Waals surface area contributed by atoms with Crippen LogP contribution in [0.3, 0.4) is 0 Å². The lowest BCUT2D eigenvalue weighted by Gasteiger charge is -2.13. The summed E-state index contributed by atoms with van der Waals surface area (Å²) in [5.74, 6) is -1.50. The van der Waals surface area contributed by atoms with Crippen LogP contribution < -0.4 is 0 Å². The summed E-state index contributed by atoms with van der Waals surface area (Å²) in [5, 5.41) is -3.54. The molecule has 88 valence electrons. The highest BCUT2D eigenvalue weighted by Crippen LogP contribution is 2.36. The number of alkyl halides is 2. The highest BCUT2D eigenvalue weighted by Gasteiger charge is 2.41. The van der Waals surface area contributed by atoms with Crippen LogP contribution in [0.5, 0.6) is 0 Å². The van der Waals surface area contributed by atoms with Crippen molar-refractivity contribution in [2.45, 2.75) is 24.0 Å². The predicted molar refractivity (Wildman–Crippen MR) is 58.6 cm³/mol. The summed E-state index contributed by atoms with van der Waals surface area (Å²) in [4.78, 5) is 11.3. The van der Waals surface area contributed by atoms with Gasteiger partial charge >= 0.3 is 11.2 Å². The van der Waals surface area contributed by atoms with Crippen LogP contribution in [0, 0.1) is 6.92 Å². The highest BCUT2D eigenvalue weighted by molar-refractivity contribution is 8.01. The maximum Gasteiger partial charge on any atom is 0.393 e. The molecule has 1 aromatic carbocycles. The average Bonchev–Trinajstić information content (AvgIpc) is 2.21. The number of ether oxygens (including phenoxy) is 1. The van der Waals surface area contributed by atoms with Crippen LogP contribution >= 0.6 is 11.8 Å². The molecule has 0 aromatic heterocycles. The molecule has 0 spiro atoms. The Morgan fingerprint density at radius 2 is 1.94 bits per heavy atom. The van der Waals surface area contributed by atoms with E-state index in [1.165, 1.54) is 6.92 Å². The van der Waals surface area contributed by atoms with E-state index in [2.05, 4.69) is 4.74 Å². The maximum atomic E-state index is 13.3. The first-order valence-corrected chi connectivity index (χ1v) is 5.58. The van der Waals surface area contributed by atoms with Gasteiger partial charge in [0.2, 0.25) is 0 Å². The van der Waals surface area contributed by atoms with Crippen molar-refractivity contribution in [3.05, 3.63) is 29.8 Å². The summed E-state index contributed by atoms with van der Waals surface area (Å²) in [6.07, 6.45) is 0. The van der Waals surface area contributed by atoms with E-state index in [1.54, 1.807) is 24.3 Å². The number of esters is 1. The van der Waals surface area contributed by atoms with E-state index in [0.29, 0.717) is 4.90 Å². The molecule has 0 atom stereocenters. The third-order valence-corrected chi connectivity index (χ3v) is 2.71. The van der Waals surface area contributed by atoms with E-state index in [1.807, 2.05) is 6.92 Å². The van der Waals surface area contributed by atoms with Crippen molar-refractivity contribution in [3.63, 3.8) is 0 Å². The van der Waals surface area contributed by atoms with Gasteiger partial charge in [-0.3, -0.25) is 0 Å². The van der Waals surface area contributed by atoms with Gasteiger partial charge in [-0.1, -0.05) is 17.7 Å². The molecule has 0 bridgehead atoms. The van der Waals surface area contributed by atoms with Gasteiger partial charge in [-0.05, 0) is 37.7 Å². The SMILES string of the molecule is CCOC(=O)C(F)(F)Sc1ccc(C)cc1. The fourth-order valence-electron chi connectivity index (χ4n) is 1.01. The third-order valence-electron chi connectivity index (χ3n) is 1.78. The molecule has 0 amide bonds. The highest BCUT2D eigenvalue weighted by atomic mass is 32.2. The summed E-state index contributed by atoms with van der Waals surface area (Å²) in [6.45, 7) is 3.30. The Bertz CT molecular complexity index is 363. The minimum atomic E-state index is -3.54. The Hall–Kier alpha value is -1.10. The molecular formula is C11H12F2O2S. The van der Waals surface area contributed by atoms with Crippen molar-refractivity contribution in [2.75, 3.05) is 6.61 Å². The van der Waals surface area contributed by atoms with Crippen molar-refractivity contribution >= 4 is 17.7 Å². The lowest BCUT2D eigenvalue weighted by molar-refractivity contribution is -0.159.